The maximum atomic E-state index is 12.8. The van der Waals surface area contributed by atoms with E-state index in [0.29, 0.717) is 28.7 Å². The van der Waals surface area contributed by atoms with Crippen LogP contribution >= 0.6 is 23.2 Å². The molecule has 162 valence electrons. The van der Waals surface area contributed by atoms with Crippen LogP contribution in [0.2, 0.25) is 10.0 Å². The predicted octanol–water partition coefficient (Wildman–Crippen LogP) is 5.14. The van der Waals surface area contributed by atoms with Crippen LogP contribution in [0, 0.1) is 0 Å². The SMILES string of the molecule is O=C(CN1C(=O)CCc2cc(-c3cc(Cl)cc(Cl)c3)cnc21)NC1CCc2ccccc21. The molecule has 0 fully saturated rings. The molecule has 2 heterocycles. The van der Waals surface area contributed by atoms with E-state index in [2.05, 4.69) is 22.4 Å². The number of anilines is 1. The zero-order valence-corrected chi connectivity index (χ0v) is 18.8. The largest absolute Gasteiger partial charge is 0.348 e. The molecule has 0 radical (unpaired) electrons. The summed E-state index contributed by atoms with van der Waals surface area (Å²) in [5, 5.41) is 4.19. The number of hydrogen-bond acceptors (Lipinski definition) is 3. The Bertz CT molecular complexity index is 1210. The van der Waals surface area contributed by atoms with E-state index >= 15 is 0 Å². The van der Waals surface area contributed by atoms with Crippen LogP contribution < -0.4 is 10.2 Å². The van der Waals surface area contributed by atoms with Crippen molar-refractivity contribution in [2.75, 3.05) is 11.4 Å². The van der Waals surface area contributed by atoms with Gasteiger partial charge in [0, 0.05) is 28.2 Å². The summed E-state index contributed by atoms with van der Waals surface area (Å²) in [5.74, 6) is 0.269. The fourth-order valence-electron chi connectivity index (χ4n) is 4.56. The van der Waals surface area contributed by atoms with Gasteiger partial charge >= 0.3 is 0 Å². The molecule has 1 unspecified atom stereocenters. The Morgan fingerprint density at radius 3 is 2.59 bits per heavy atom. The Hall–Kier alpha value is -2.89. The Morgan fingerprint density at radius 1 is 1.00 bits per heavy atom. The first-order valence-electron chi connectivity index (χ1n) is 10.6. The molecule has 2 amide bonds. The fraction of sp³-hybridized carbons (Fsp3) is 0.240. The van der Waals surface area contributed by atoms with E-state index in [1.165, 1.54) is 10.5 Å². The van der Waals surface area contributed by atoms with Crippen LogP contribution in [-0.2, 0) is 22.4 Å². The number of carbonyl (C=O) groups is 2. The van der Waals surface area contributed by atoms with Crippen molar-refractivity contribution in [3.8, 4) is 11.1 Å². The zero-order valence-electron chi connectivity index (χ0n) is 17.3. The van der Waals surface area contributed by atoms with Crippen molar-refractivity contribution >= 4 is 40.8 Å². The average Bonchev–Trinajstić information content (AvgIpc) is 3.17. The van der Waals surface area contributed by atoms with Gasteiger partial charge in [0.2, 0.25) is 11.8 Å². The molecule has 1 aliphatic carbocycles. The van der Waals surface area contributed by atoms with Crippen LogP contribution in [0.1, 0.15) is 35.6 Å². The number of nitrogens with one attached hydrogen (secondary N) is 1. The molecule has 5 nitrogen and oxygen atoms in total. The second-order valence-electron chi connectivity index (χ2n) is 8.20. The number of carbonyl (C=O) groups excluding carboxylic acids is 2. The lowest BCUT2D eigenvalue weighted by molar-refractivity contribution is -0.124. The molecule has 32 heavy (non-hydrogen) atoms. The van der Waals surface area contributed by atoms with Crippen molar-refractivity contribution in [2.24, 2.45) is 0 Å². The standard InChI is InChI=1S/C25H21Cl2N3O2/c26-19-10-17(11-20(27)12-19)18-9-16-6-8-24(32)30(25(16)28-13-18)14-23(31)29-22-7-5-15-3-1-2-4-21(15)22/h1-4,9-13,22H,5-8,14H2,(H,29,31). The molecule has 0 bridgehead atoms. The summed E-state index contributed by atoms with van der Waals surface area (Å²) in [6.45, 7) is -0.0418. The predicted molar refractivity (Wildman–Crippen MR) is 126 cm³/mol. The summed E-state index contributed by atoms with van der Waals surface area (Å²) < 4.78 is 0. The summed E-state index contributed by atoms with van der Waals surface area (Å²) in [6.07, 6.45) is 4.44. The van der Waals surface area contributed by atoms with Crippen LogP contribution in [0.15, 0.2) is 54.7 Å². The highest BCUT2D eigenvalue weighted by atomic mass is 35.5. The molecule has 7 heteroatoms. The lowest BCUT2D eigenvalue weighted by Crippen LogP contribution is -2.44. The fourth-order valence-corrected chi connectivity index (χ4v) is 5.08. The number of pyridine rings is 1. The van der Waals surface area contributed by atoms with Crippen molar-refractivity contribution in [1.29, 1.82) is 0 Å². The second kappa shape index (κ2) is 8.57. The van der Waals surface area contributed by atoms with Gasteiger partial charge in [-0.15, -0.1) is 0 Å². The Morgan fingerprint density at radius 2 is 1.78 bits per heavy atom. The van der Waals surface area contributed by atoms with Gasteiger partial charge in [-0.3, -0.25) is 14.5 Å². The normalized spacial score (nSPS) is 17.1. The van der Waals surface area contributed by atoms with Crippen molar-refractivity contribution in [3.63, 3.8) is 0 Å². The van der Waals surface area contributed by atoms with Gasteiger partial charge < -0.3 is 5.32 Å². The van der Waals surface area contributed by atoms with Gasteiger partial charge in [0.15, 0.2) is 0 Å². The Kier molecular flexibility index (Phi) is 5.62. The maximum absolute atomic E-state index is 12.8. The molecule has 1 N–H and O–H groups in total. The highest BCUT2D eigenvalue weighted by Crippen LogP contribution is 2.33. The quantitative estimate of drug-likeness (QED) is 0.580. The summed E-state index contributed by atoms with van der Waals surface area (Å²) in [6, 6.07) is 15.5. The molecule has 1 atom stereocenters. The Labute approximate surface area is 196 Å². The number of hydrogen-bond donors (Lipinski definition) is 1. The smallest absolute Gasteiger partial charge is 0.240 e. The lowest BCUT2D eigenvalue weighted by Gasteiger charge is -2.28. The molecule has 0 saturated heterocycles. The van der Waals surface area contributed by atoms with E-state index < -0.39 is 0 Å². The minimum absolute atomic E-state index is 0.0130. The third-order valence-corrected chi connectivity index (χ3v) is 6.51. The van der Waals surface area contributed by atoms with Crippen LogP contribution in [0.5, 0.6) is 0 Å². The first-order chi connectivity index (χ1) is 15.5. The summed E-state index contributed by atoms with van der Waals surface area (Å²) in [5.41, 5.74) is 5.09. The van der Waals surface area contributed by atoms with Crippen LogP contribution in [0.3, 0.4) is 0 Å². The van der Waals surface area contributed by atoms with Gasteiger partial charge in [0.05, 0.1) is 6.04 Å². The number of fused-ring (bicyclic) bond motifs is 2. The van der Waals surface area contributed by atoms with Crippen LogP contribution in [-0.4, -0.2) is 23.3 Å². The molecular formula is C25H21Cl2N3O2. The lowest BCUT2D eigenvalue weighted by atomic mass is 10.00. The number of nitrogens with zero attached hydrogens (tertiary/aromatic N) is 2. The number of rotatable bonds is 4. The Balaban J connectivity index is 1.36. The third-order valence-electron chi connectivity index (χ3n) is 6.07. The molecule has 0 saturated carbocycles. The van der Waals surface area contributed by atoms with Crippen molar-refractivity contribution in [2.45, 2.75) is 31.7 Å². The number of amides is 2. The summed E-state index contributed by atoms with van der Waals surface area (Å²) in [4.78, 5) is 31.5. The molecule has 2 aliphatic rings. The summed E-state index contributed by atoms with van der Waals surface area (Å²) >= 11 is 12.3. The number of halogens is 2. The average molecular weight is 466 g/mol. The highest BCUT2D eigenvalue weighted by molar-refractivity contribution is 6.35. The van der Waals surface area contributed by atoms with E-state index in [1.54, 1.807) is 12.3 Å². The minimum Gasteiger partial charge on any atom is -0.348 e. The number of aryl methyl sites for hydroxylation is 2. The van der Waals surface area contributed by atoms with E-state index in [-0.39, 0.29) is 24.4 Å². The zero-order chi connectivity index (χ0) is 22.2. The van der Waals surface area contributed by atoms with Gasteiger partial charge in [-0.05, 0) is 65.8 Å². The molecule has 1 aliphatic heterocycles. The van der Waals surface area contributed by atoms with E-state index in [9.17, 15) is 9.59 Å². The van der Waals surface area contributed by atoms with E-state index in [0.717, 1.165) is 35.1 Å². The van der Waals surface area contributed by atoms with E-state index in [1.807, 2.05) is 30.3 Å². The first-order valence-corrected chi connectivity index (χ1v) is 11.4. The van der Waals surface area contributed by atoms with Gasteiger partial charge in [-0.25, -0.2) is 4.98 Å². The van der Waals surface area contributed by atoms with Crippen molar-refractivity contribution in [1.82, 2.24) is 10.3 Å². The molecule has 5 rings (SSSR count). The third kappa shape index (κ3) is 4.10. The molecule has 3 aromatic rings. The van der Waals surface area contributed by atoms with Gasteiger partial charge in [0.25, 0.3) is 0 Å². The molecule has 0 spiro atoms. The van der Waals surface area contributed by atoms with Crippen LogP contribution in [0.4, 0.5) is 5.82 Å². The van der Waals surface area contributed by atoms with Crippen molar-refractivity contribution in [3.05, 3.63) is 81.5 Å². The van der Waals surface area contributed by atoms with Gasteiger partial charge in [0.1, 0.15) is 12.4 Å². The molecule has 1 aromatic heterocycles. The van der Waals surface area contributed by atoms with Crippen LogP contribution in [0.25, 0.3) is 11.1 Å². The monoisotopic (exact) mass is 465 g/mol. The van der Waals surface area contributed by atoms with Gasteiger partial charge in [-0.1, -0.05) is 47.5 Å². The topological polar surface area (TPSA) is 62.3 Å². The highest BCUT2D eigenvalue weighted by Gasteiger charge is 2.29. The molecular weight excluding hydrogens is 445 g/mol. The second-order valence-corrected chi connectivity index (χ2v) is 9.08. The summed E-state index contributed by atoms with van der Waals surface area (Å²) in [7, 11) is 0. The number of benzene rings is 2. The van der Waals surface area contributed by atoms with Crippen molar-refractivity contribution < 1.29 is 9.59 Å². The minimum atomic E-state index is -0.180. The first kappa shape index (κ1) is 21.0. The molecule has 2 aromatic carbocycles. The number of aromatic nitrogens is 1. The van der Waals surface area contributed by atoms with E-state index in [4.69, 9.17) is 23.2 Å². The van der Waals surface area contributed by atoms with Gasteiger partial charge in [-0.2, -0.15) is 0 Å². The maximum Gasteiger partial charge on any atom is 0.240 e.